The molecule has 0 radical (unpaired) electrons. The summed E-state index contributed by atoms with van der Waals surface area (Å²) in [6.45, 7) is 3.58. The summed E-state index contributed by atoms with van der Waals surface area (Å²) < 4.78 is 5.17. The minimum atomic E-state index is -0.423. The molecule has 1 N–H and O–H groups in total. The number of aromatic nitrogens is 1. The number of pyridine rings is 1. The van der Waals surface area contributed by atoms with Crippen LogP contribution in [0.2, 0.25) is 0 Å². The fourth-order valence-electron chi connectivity index (χ4n) is 2.43. The molecule has 0 saturated heterocycles. The number of esters is 1. The Kier molecular flexibility index (Phi) is 3.98. The number of aromatic amines is 1. The second kappa shape index (κ2) is 6.08. The third kappa shape index (κ3) is 3.16. The molecule has 0 aliphatic rings. The van der Waals surface area contributed by atoms with E-state index in [-0.39, 0.29) is 11.5 Å². The molecule has 0 aliphatic heterocycles. The van der Waals surface area contributed by atoms with E-state index in [0.29, 0.717) is 16.5 Å². The third-order valence-electron chi connectivity index (χ3n) is 3.49. The lowest BCUT2D eigenvalue weighted by molar-refractivity contribution is 0.0378. The number of ether oxygens (including phenoxy) is 1. The number of hydrogen-bond acceptors (Lipinski definition) is 3. The average molecular weight is 307 g/mol. The van der Waals surface area contributed by atoms with Gasteiger partial charge in [-0.25, -0.2) is 4.79 Å². The minimum absolute atomic E-state index is 0.128. The summed E-state index contributed by atoms with van der Waals surface area (Å²) in [7, 11) is 0. The predicted molar refractivity (Wildman–Crippen MR) is 90.6 cm³/mol. The van der Waals surface area contributed by atoms with E-state index in [1.165, 1.54) is 0 Å². The van der Waals surface area contributed by atoms with Crippen molar-refractivity contribution in [2.75, 3.05) is 0 Å². The molecule has 4 nitrogen and oxygen atoms in total. The van der Waals surface area contributed by atoms with Crippen LogP contribution in [-0.4, -0.2) is 17.1 Å². The molecule has 3 aromatic rings. The Hall–Kier alpha value is -2.88. The largest absolute Gasteiger partial charge is 0.459 e. The highest BCUT2D eigenvalue weighted by molar-refractivity contribution is 5.94. The molecule has 23 heavy (non-hydrogen) atoms. The van der Waals surface area contributed by atoms with E-state index < -0.39 is 5.97 Å². The molecule has 3 rings (SSSR count). The Labute approximate surface area is 133 Å². The third-order valence-corrected chi connectivity index (χ3v) is 3.49. The lowest BCUT2D eigenvalue weighted by Gasteiger charge is -2.09. The molecule has 1 heterocycles. The number of carbonyl (C=O) groups is 1. The van der Waals surface area contributed by atoms with Crippen molar-refractivity contribution in [3.05, 3.63) is 70.4 Å². The van der Waals surface area contributed by atoms with E-state index in [4.69, 9.17) is 4.74 Å². The van der Waals surface area contributed by atoms with Gasteiger partial charge in [-0.3, -0.25) is 4.79 Å². The summed E-state index contributed by atoms with van der Waals surface area (Å²) in [5.74, 6) is -0.423. The van der Waals surface area contributed by atoms with Gasteiger partial charge in [0.25, 0.3) is 0 Å². The van der Waals surface area contributed by atoms with Crippen LogP contribution in [0, 0.1) is 0 Å². The van der Waals surface area contributed by atoms with Crippen molar-refractivity contribution >= 4 is 16.9 Å². The van der Waals surface area contributed by atoms with Gasteiger partial charge in [0.1, 0.15) is 0 Å². The summed E-state index contributed by atoms with van der Waals surface area (Å²) in [6.07, 6.45) is -0.197. The highest BCUT2D eigenvalue weighted by atomic mass is 16.5. The van der Waals surface area contributed by atoms with Gasteiger partial charge in [-0.1, -0.05) is 30.3 Å². The maximum atomic E-state index is 12.4. The summed E-state index contributed by atoms with van der Waals surface area (Å²) in [4.78, 5) is 27.6. The normalized spacial score (nSPS) is 10.9. The first-order chi connectivity index (χ1) is 11.0. The molecule has 0 bridgehead atoms. The molecular weight excluding hydrogens is 290 g/mol. The van der Waals surface area contributed by atoms with Crippen LogP contribution in [0.1, 0.15) is 24.2 Å². The zero-order valence-electron chi connectivity index (χ0n) is 13.0. The number of benzene rings is 2. The maximum absolute atomic E-state index is 12.4. The van der Waals surface area contributed by atoms with E-state index in [9.17, 15) is 9.59 Å². The Morgan fingerprint density at radius 3 is 2.48 bits per heavy atom. The number of carbonyl (C=O) groups excluding carboxylic acids is 1. The molecule has 0 aliphatic carbocycles. The number of nitrogens with one attached hydrogen (secondary N) is 1. The van der Waals surface area contributed by atoms with E-state index >= 15 is 0 Å². The van der Waals surface area contributed by atoms with Gasteiger partial charge in [-0.15, -0.1) is 0 Å². The van der Waals surface area contributed by atoms with Crippen molar-refractivity contribution in [3.63, 3.8) is 0 Å². The molecule has 4 heteroatoms. The zero-order valence-corrected chi connectivity index (χ0v) is 13.0. The van der Waals surface area contributed by atoms with Gasteiger partial charge < -0.3 is 9.72 Å². The van der Waals surface area contributed by atoms with Crippen LogP contribution in [0.4, 0.5) is 0 Å². The Morgan fingerprint density at radius 1 is 1.04 bits per heavy atom. The first kappa shape index (κ1) is 15.0. The first-order valence-corrected chi connectivity index (χ1v) is 7.48. The van der Waals surface area contributed by atoms with Crippen LogP contribution < -0.4 is 5.43 Å². The summed E-state index contributed by atoms with van der Waals surface area (Å²) >= 11 is 0. The number of hydrogen-bond donors (Lipinski definition) is 1. The molecule has 0 saturated carbocycles. The fraction of sp³-hybridized carbons (Fsp3) is 0.158. The zero-order chi connectivity index (χ0) is 16.4. The smallest absolute Gasteiger partial charge is 0.338 e. The van der Waals surface area contributed by atoms with Gasteiger partial charge in [0, 0.05) is 22.7 Å². The summed E-state index contributed by atoms with van der Waals surface area (Å²) in [6, 6.07) is 16.2. The summed E-state index contributed by atoms with van der Waals surface area (Å²) in [5.41, 5.74) is 2.63. The quantitative estimate of drug-likeness (QED) is 0.749. The van der Waals surface area contributed by atoms with E-state index in [1.807, 2.05) is 30.3 Å². The van der Waals surface area contributed by atoms with Crippen molar-refractivity contribution in [3.8, 4) is 11.3 Å². The highest BCUT2D eigenvalue weighted by Crippen LogP contribution is 2.19. The van der Waals surface area contributed by atoms with Crippen molar-refractivity contribution in [2.45, 2.75) is 20.0 Å². The van der Waals surface area contributed by atoms with Gasteiger partial charge in [-0.2, -0.15) is 0 Å². The van der Waals surface area contributed by atoms with Gasteiger partial charge in [0.15, 0.2) is 5.43 Å². The Bertz CT molecular complexity index is 911. The SMILES string of the molecule is CC(C)OC(=O)c1ccc2[nH]c(-c3ccccc3)cc(=O)c2c1. The van der Waals surface area contributed by atoms with E-state index in [2.05, 4.69) is 4.98 Å². The molecule has 0 amide bonds. The van der Waals surface area contributed by atoms with Crippen LogP contribution in [0.15, 0.2) is 59.4 Å². The van der Waals surface area contributed by atoms with Crippen LogP contribution >= 0.6 is 0 Å². The standard InChI is InChI=1S/C19H17NO3/c1-12(2)23-19(22)14-8-9-16-15(10-14)18(21)11-17(20-16)13-6-4-3-5-7-13/h3-12H,1-2H3,(H,20,21). The number of fused-ring (bicyclic) bond motifs is 1. The van der Waals surface area contributed by atoms with Gasteiger partial charge in [-0.05, 0) is 37.6 Å². The van der Waals surface area contributed by atoms with E-state index in [0.717, 1.165) is 11.3 Å². The molecule has 1 aromatic heterocycles. The molecule has 0 fully saturated rings. The molecule has 2 aromatic carbocycles. The number of H-pyrrole nitrogens is 1. The topological polar surface area (TPSA) is 59.2 Å². The molecular formula is C19H17NO3. The average Bonchev–Trinajstić information content (AvgIpc) is 2.54. The second-order valence-electron chi connectivity index (χ2n) is 5.63. The predicted octanol–water partition coefficient (Wildman–Crippen LogP) is 3.76. The van der Waals surface area contributed by atoms with Crippen molar-refractivity contribution in [2.24, 2.45) is 0 Å². The number of rotatable bonds is 3. The molecule has 0 spiro atoms. The van der Waals surface area contributed by atoms with Crippen LogP contribution in [-0.2, 0) is 4.74 Å². The molecule has 116 valence electrons. The lowest BCUT2D eigenvalue weighted by Crippen LogP contribution is -2.12. The molecule has 0 atom stereocenters. The van der Waals surface area contributed by atoms with Gasteiger partial charge >= 0.3 is 5.97 Å². The van der Waals surface area contributed by atoms with E-state index in [1.54, 1.807) is 38.1 Å². The summed E-state index contributed by atoms with van der Waals surface area (Å²) in [5, 5.41) is 0.475. The fourth-order valence-corrected chi connectivity index (χ4v) is 2.43. The van der Waals surface area contributed by atoms with Crippen LogP contribution in [0.25, 0.3) is 22.2 Å². The van der Waals surface area contributed by atoms with Crippen molar-refractivity contribution in [1.29, 1.82) is 0 Å². The molecule has 0 unspecified atom stereocenters. The van der Waals surface area contributed by atoms with Crippen LogP contribution in [0.5, 0.6) is 0 Å². The first-order valence-electron chi connectivity index (χ1n) is 7.48. The second-order valence-corrected chi connectivity index (χ2v) is 5.63. The Balaban J connectivity index is 2.07. The van der Waals surface area contributed by atoms with Crippen molar-refractivity contribution < 1.29 is 9.53 Å². The van der Waals surface area contributed by atoms with Gasteiger partial charge in [0.05, 0.1) is 11.7 Å². The Morgan fingerprint density at radius 2 is 1.78 bits per heavy atom. The minimum Gasteiger partial charge on any atom is -0.459 e. The highest BCUT2D eigenvalue weighted by Gasteiger charge is 2.12. The maximum Gasteiger partial charge on any atom is 0.338 e. The lowest BCUT2D eigenvalue weighted by atomic mass is 10.1. The van der Waals surface area contributed by atoms with Crippen molar-refractivity contribution in [1.82, 2.24) is 4.98 Å². The monoisotopic (exact) mass is 307 g/mol. The van der Waals surface area contributed by atoms with Gasteiger partial charge in [0.2, 0.25) is 0 Å². The van der Waals surface area contributed by atoms with Crippen LogP contribution in [0.3, 0.4) is 0 Å².